The van der Waals surface area contributed by atoms with Gasteiger partial charge < -0.3 is 15.5 Å². The Morgan fingerprint density at radius 3 is 2.64 bits per heavy atom. The molecule has 122 valence electrons. The van der Waals surface area contributed by atoms with Gasteiger partial charge in [-0.3, -0.25) is 15.0 Å². The highest BCUT2D eigenvalue weighted by atomic mass is 16.6. The monoisotopic (exact) mass is 309 g/mol. The molecule has 1 saturated heterocycles. The van der Waals surface area contributed by atoms with Gasteiger partial charge in [-0.15, -0.1) is 0 Å². The standard InChI is InChI=1S/C15H23N3O4/c1-2-3-4-12(17-7-5-16-6-8-17)11-9-13(18(21)22)15(20)14(19)10-11/h9-10,12,16,19-20H,2-8H2,1H3/t12-/m1/s1. The lowest BCUT2D eigenvalue weighted by atomic mass is 9.97. The zero-order chi connectivity index (χ0) is 16.1. The van der Waals surface area contributed by atoms with E-state index in [-0.39, 0.29) is 6.04 Å². The van der Waals surface area contributed by atoms with Crippen molar-refractivity contribution in [1.29, 1.82) is 0 Å². The Morgan fingerprint density at radius 1 is 1.36 bits per heavy atom. The molecule has 0 bridgehead atoms. The van der Waals surface area contributed by atoms with Gasteiger partial charge in [0.25, 0.3) is 0 Å². The summed E-state index contributed by atoms with van der Waals surface area (Å²) < 4.78 is 0. The molecule has 1 aliphatic rings. The van der Waals surface area contributed by atoms with E-state index in [1.54, 1.807) is 0 Å². The summed E-state index contributed by atoms with van der Waals surface area (Å²) in [4.78, 5) is 12.7. The second-order valence-electron chi connectivity index (χ2n) is 5.61. The maximum absolute atomic E-state index is 11.0. The first kappa shape index (κ1) is 16.5. The maximum Gasteiger partial charge on any atom is 0.314 e. The van der Waals surface area contributed by atoms with Crippen molar-refractivity contribution < 1.29 is 15.1 Å². The smallest absolute Gasteiger partial charge is 0.314 e. The van der Waals surface area contributed by atoms with E-state index in [4.69, 9.17) is 0 Å². The summed E-state index contributed by atoms with van der Waals surface area (Å²) in [6.07, 6.45) is 2.91. The Bertz CT molecular complexity index is 530. The first-order chi connectivity index (χ1) is 10.5. The number of piperazine rings is 1. The molecule has 1 heterocycles. The Labute approximate surface area is 129 Å². The number of benzene rings is 1. The Kier molecular flexibility index (Phi) is 5.57. The van der Waals surface area contributed by atoms with Gasteiger partial charge in [-0.2, -0.15) is 0 Å². The topological polar surface area (TPSA) is 98.9 Å². The minimum absolute atomic E-state index is 0.0206. The minimum atomic E-state index is -0.664. The van der Waals surface area contributed by atoms with Gasteiger partial charge in [-0.1, -0.05) is 19.8 Å². The van der Waals surface area contributed by atoms with Gasteiger partial charge >= 0.3 is 5.69 Å². The second kappa shape index (κ2) is 7.42. The normalized spacial score (nSPS) is 17.3. The fourth-order valence-electron chi connectivity index (χ4n) is 2.91. The number of phenols is 2. The molecule has 7 heteroatoms. The van der Waals surface area contributed by atoms with Gasteiger partial charge in [0.15, 0.2) is 5.75 Å². The SMILES string of the molecule is CCCC[C@H](c1cc(O)c(O)c([N+](=O)[O-])c1)N1CCNCC1. The molecule has 7 nitrogen and oxygen atoms in total. The average Bonchev–Trinajstić information content (AvgIpc) is 2.51. The maximum atomic E-state index is 11.0. The molecule has 1 atom stereocenters. The van der Waals surface area contributed by atoms with Crippen molar-refractivity contribution >= 4 is 5.69 Å². The predicted octanol–water partition coefficient (Wildman–Crippen LogP) is 2.14. The third kappa shape index (κ3) is 3.66. The largest absolute Gasteiger partial charge is 0.504 e. The summed E-state index contributed by atoms with van der Waals surface area (Å²) in [5.41, 5.74) is 0.254. The fraction of sp³-hybridized carbons (Fsp3) is 0.600. The molecule has 0 aromatic heterocycles. The Morgan fingerprint density at radius 2 is 2.05 bits per heavy atom. The number of phenolic OH excluding ortho intramolecular Hbond substituents is 2. The summed E-state index contributed by atoms with van der Waals surface area (Å²) in [6.45, 7) is 5.60. The van der Waals surface area contributed by atoms with Gasteiger partial charge in [-0.05, 0) is 18.1 Å². The van der Waals surface area contributed by atoms with Crippen molar-refractivity contribution in [3.8, 4) is 11.5 Å². The summed E-state index contributed by atoms with van der Waals surface area (Å²) in [6, 6.07) is 2.86. The van der Waals surface area contributed by atoms with Crippen molar-refractivity contribution in [3.63, 3.8) is 0 Å². The van der Waals surface area contributed by atoms with Crippen molar-refractivity contribution in [3.05, 3.63) is 27.8 Å². The molecule has 3 N–H and O–H groups in total. The summed E-state index contributed by atoms with van der Waals surface area (Å²) in [7, 11) is 0. The average molecular weight is 309 g/mol. The molecule has 0 radical (unpaired) electrons. The number of hydrogen-bond donors (Lipinski definition) is 3. The third-order valence-corrected chi connectivity index (χ3v) is 4.10. The van der Waals surface area contributed by atoms with E-state index < -0.39 is 22.1 Å². The molecule has 0 aliphatic carbocycles. The molecule has 2 rings (SSSR count). The molecule has 0 unspecified atom stereocenters. The van der Waals surface area contributed by atoms with Crippen LogP contribution in [0.2, 0.25) is 0 Å². The van der Waals surface area contributed by atoms with Gasteiger partial charge in [0.1, 0.15) is 0 Å². The van der Waals surface area contributed by atoms with E-state index >= 15 is 0 Å². The number of rotatable bonds is 6. The minimum Gasteiger partial charge on any atom is -0.504 e. The van der Waals surface area contributed by atoms with Crippen LogP contribution in [0.15, 0.2) is 12.1 Å². The highest BCUT2D eigenvalue weighted by Crippen LogP contribution is 2.40. The number of nitrogens with zero attached hydrogens (tertiary/aromatic N) is 2. The molecule has 1 aliphatic heterocycles. The van der Waals surface area contributed by atoms with Crippen LogP contribution >= 0.6 is 0 Å². The van der Waals surface area contributed by atoms with Gasteiger partial charge in [0.05, 0.1) is 4.92 Å². The summed E-state index contributed by atoms with van der Waals surface area (Å²) in [5.74, 6) is -1.09. The van der Waals surface area contributed by atoms with Crippen molar-refractivity contribution in [2.24, 2.45) is 0 Å². The summed E-state index contributed by atoms with van der Waals surface area (Å²) in [5, 5.41) is 33.8. The lowest BCUT2D eigenvalue weighted by Crippen LogP contribution is -2.45. The van der Waals surface area contributed by atoms with E-state index in [9.17, 15) is 20.3 Å². The zero-order valence-corrected chi connectivity index (χ0v) is 12.8. The lowest BCUT2D eigenvalue weighted by Gasteiger charge is -2.35. The molecule has 0 saturated carbocycles. The number of nitrogens with one attached hydrogen (secondary N) is 1. The molecule has 1 aromatic rings. The number of hydrogen-bond acceptors (Lipinski definition) is 6. The molecular weight excluding hydrogens is 286 g/mol. The van der Waals surface area contributed by atoms with E-state index in [0.29, 0.717) is 5.56 Å². The molecule has 1 aromatic carbocycles. The fourth-order valence-corrected chi connectivity index (χ4v) is 2.91. The second-order valence-corrected chi connectivity index (χ2v) is 5.61. The van der Waals surface area contributed by atoms with Gasteiger partial charge in [0, 0.05) is 38.3 Å². The number of unbranched alkanes of at least 4 members (excludes halogenated alkanes) is 1. The van der Waals surface area contributed by atoms with Crippen LogP contribution in [-0.4, -0.2) is 46.2 Å². The Hall–Kier alpha value is -1.86. The van der Waals surface area contributed by atoms with Crippen LogP contribution in [0.3, 0.4) is 0 Å². The van der Waals surface area contributed by atoms with Crippen molar-refractivity contribution in [1.82, 2.24) is 10.2 Å². The third-order valence-electron chi connectivity index (χ3n) is 4.10. The van der Waals surface area contributed by atoms with Gasteiger partial charge in [0.2, 0.25) is 5.75 Å². The number of nitro groups is 1. The quantitative estimate of drug-likeness (QED) is 0.423. The van der Waals surface area contributed by atoms with Crippen LogP contribution in [0.1, 0.15) is 37.8 Å². The lowest BCUT2D eigenvalue weighted by molar-refractivity contribution is -0.386. The van der Waals surface area contributed by atoms with Crippen LogP contribution in [-0.2, 0) is 0 Å². The molecule has 0 spiro atoms. The van der Waals surface area contributed by atoms with Crippen LogP contribution in [0.5, 0.6) is 11.5 Å². The first-order valence-electron chi connectivity index (χ1n) is 7.69. The van der Waals surface area contributed by atoms with E-state index in [1.807, 2.05) is 0 Å². The zero-order valence-electron chi connectivity index (χ0n) is 12.8. The summed E-state index contributed by atoms with van der Waals surface area (Å²) >= 11 is 0. The molecule has 0 amide bonds. The van der Waals surface area contributed by atoms with E-state index in [1.165, 1.54) is 12.1 Å². The van der Waals surface area contributed by atoms with Crippen molar-refractivity contribution in [2.75, 3.05) is 26.2 Å². The number of nitro benzene ring substituents is 1. The van der Waals surface area contributed by atoms with Gasteiger partial charge in [-0.25, -0.2) is 0 Å². The van der Waals surface area contributed by atoms with E-state index in [2.05, 4.69) is 17.1 Å². The Balaban J connectivity index is 2.35. The molecular formula is C15H23N3O4. The number of aromatic hydroxyl groups is 2. The van der Waals surface area contributed by atoms with Crippen LogP contribution in [0.25, 0.3) is 0 Å². The van der Waals surface area contributed by atoms with Crippen LogP contribution < -0.4 is 5.32 Å². The van der Waals surface area contributed by atoms with Crippen LogP contribution in [0, 0.1) is 10.1 Å². The van der Waals surface area contributed by atoms with E-state index in [0.717, 1.165) is 45.4 Å². The first-order valence-corrected chi connectivity index (χ1v) is 7.69. The molecule has 1 fully saturated rings. The highest BCUT2D eigenvalue weighted by Gasteiger charge is 2.26. The van der Waals surface area contributed by atoms with Crippen molar-refractivity contribution in [2.45, 2.75) is 32.2 Å². The highest BCUT2D eigenvalue weighted by molar-refractivity contribution is 5.57. The predicted molar refractivity (Wildman–Crippen MR) is 83.1 cm³/mol. The van der Waals surface area contributed by atoms with Crippen LogP contribution in [0.4, 0.5) is 5.69 Å². The molecule has 22 heavy (non-hydrogen) atoms.